The molecule has 8 heteroatoms. The van der Waals surface area contributed by atoms with Crippen molar-refractivity contribution in [3.8, 4) is 0 Å². The Morgan fingerprint density at radius 1 is 1.30 bits per heavy atom. The molecular formula is C12H14F3IN2O2. The van der Waals surface area contributed by atoms with E-state index in [9.17, 15) is 23.1 Å². The molecule has 1 unspecified atom stereocenters. The molecule has 0 aliphatic heterocycles. The van der Waals surface area contributed by atoms with Crippen molar-refractivity contribution in [2.75, 3.05) is 26.0 Å². The summed E-state index contributed by atoms with van der Waals surface area (Å²) >= 11 is 2.03. The Morgan fingerprint density at radius 3 is 2.20 bits per heavy atom. The van der Waals surface area contributed by atoms with Crippen molar-refractivity contribution in [1.29, 1.82) is 0 Å². The second-order valence-corrected chi connectivity index (χ2v) is 5.80. The molecular weight excluding hydrogens is 388 g/mol. The van der Waals surface area contributed by atoms with E-state index in [1.807, 2.05) is 22.6 Å². The van der Waals surface area contributed by atoms with Gasteiger partial charge in [0, 0.05) is 15.8 Å². The highest BCUT2D eigenvalue weighted by atomic mass is 127. The normalized spacial score (nSPS) is 15.0. The topological polar surface area (TPSA) is 52.6 Å². The van der Waals surface area contributed by atoms with Gasteiger partial charge in [0.05, 0.1) is 0 Å². The Bertz CT molecular complexity index is 477. The first-order valence-corrected chi connectivity index (χ1v) is 6.65. The Morgan fingerprint density at radius 2 is 1.80 bits per heavy atom. The summed E-state index contributed by atoms with van der Waals surface area (Å²) in [6, 6.07) is 6.20. The van der Waals surface area contributed by atoms with Gasteiger partial charge in [0.25, 0.3) is 11.5 Å². The van der Waals surface area contributed by atoms with E-state index in [0.29, 0.717) is 0 Å². The predicted molar refractivity (Wildman–Crippen MR) is 77.3 cm³/mol. The number of nitrogens with one attached hydrogen (secondary N) is 1. The van der Waals surface area contributed by atoms with Crippen LogP contribution in [0.2, 0.25) is 0 Å². The second-order valence-electron chi connectivity index (χ2n) is 4.56. The maximum Gasteiger partial charge on any atom is 0.427 e. The molecule has 112 valence electrons. The van der Waals surface area contributed by atoms with Gasteiger partial charge in [0.15, 0.2) is 0 Å². The summed E-state index contributed by atoms with van der Waals surface area (Å²) in [4.78, 5) is 12.9. The van der Waals surface area contributed by atoms with Crippen molar-refractivity contribution >= 4 is 34.2 Å². The van der Waals surface area contributed by atoms with E-state index in [1.54, 1.807) is 12.1 Å². The summed E-state index contributed by atoms with van der Waals surface area (Å²) in [6.45, 7) is -0.854. The fourth-order valence-corrected chi connectivity index (χ4v) is 1.88. The van der Waals surface area contributed by atoms with Crippen molar-refractivity contribution in [3.05, 3.63) is 27.8 Å². The van der Waals surface area contributed by atoms with Crippen LogP contribution in [0, 0.1) is 3.57 Å². The number of rotatable bonds is 4. The number of carbonyl (C=O) groups excluding carboxylic acids is 1. The molecule has 0 radical (unpaired) electrons. The largest absolute Gasteiger partial charge is 0.427 e. The maximum atomic E-state index is 12.9. The number of aliphatic hydroxyl groups is 1. The van der Waals surface area contributed by atoms with Gasteiger partial charge in [0.2, 0.25) is 0 Å². The molecule has 0 saturated heterocycles. The summed E-state index contributed by atoms with van der Waals surface area (Å²) in [6.07, 6.45) is -5.06. The molecule has 0 saturated carbocycles. The molecule has 0 aliphatic carbocycles. The zero-order valence-corrected chi connectivity index (χ0v) is 13.0. The van der Waals surface area contributed by atoms with Crippen LogP contribution in [0.1, 0.15) is 0 Å². The molecule has 1 rings (SSSR count). The molecule has 0 aliphatic rings. The first kappa shape index (κ1) is 17.2. The minimum absolute atomic E-state index is 0.192. The van der Waals surface area contributed by atoms with Crippen LogP contribution >= 0.6 is 22.6 Å². The second kappa shape index (κ2) is 6.27. The number of carbonyl (C=O) groups is 1. The smallest absolute Gasteiger partial charge is 0.372 e. The molecule has 1 aromatic carbocycles. The number of nitrogens with zero attached hydrogens (tertiary/aromatic N) is 1. The van der Waals surface area contributed by atoms with Gasteiger partial charge in [-0.25, -0.2) is 0 Å². The number of alkyl halides is 3. The molecule has 1 aromatic rings. The first-order valence-electron chi connectivity index (χ1n) is 5.57. The lowest BCUT2D eigenvalue weighted by Gasteiger charge is -2.31. The SMILES string of the molecule is CN(C)CC(O)(C(=O)Nc1ccc(I)cc1)C(F)(F)F. The molecule has 20 heavy (non-hydrogen) atoms. The van der Waals surface area contributed by atoms with Gasteiger partial charge in [-0.15, -0.1) is 0 Å². The molecule has 1 atom stereocenters. The highest BCUT2D eigenvalue weighted by Crippen LogP contribution is 2.32. The number of anilines is 1. The number of hydrogen-bond acceptors (Lipinski definition) is 3. The minimum Gasteiger partial charge on any atom is -0.372 e. The number of likely N-dealkylation sites (N-methyl/N-ethyl adjacent to an activating group) is 1. The minimum atomic E-state index is -5.06. The third-order valence-corrected chi connectivity index (χ3v) is 3.21. The summed E-state index contributed by atoms with van der Waals surface area (Å²) in [5.74, 6) is -1.50. The maximum absolute atomic E-state index is 12.9. The van der Waals surface area contributed by atoms with Crippen LogP contribution in [0.25, 0.3) is 0 Å². The predicted octanol–water partition coefficient (Wildman–Crippen LogP) is 2.08. The highest BCUT2D eigenvalue weighted by Gasteiger charge is 2.59. The van der Waals surface area contributed by atoms with Gasteiger partial charge in [-0.2, -0.15) is 13.2 Å². The van der Waals surface area contributed by atoms with Crippen molar-refractivity contribution in [2.45, 2.75) is 11.8 Å². The Kier molecular flexibility index (Phi) is 5.39. The third-order valence-electron chi connectivity index (χ3n) is 2.49. The van der Waals surface area contributed by atoms with Crippen molar-refractivity contribution < 1.29 is 23.1 Å². The summed E-state index contributed by atoms with van der Waals surface area (Å²) in [5, 5.41) is 11.8. The molecule has 0 spiro atoms. The van der Waals surface area contributed by atoms with E-state index in [2.05, 4.69) is 5.32 Å². The monoisotopic (exact) mass is 402 g/mol. The fourth-order valence-electron chi connectivity index (χ4n) is 1.52. The van der Waals surface area contributed by atoms with E-state index < -0.39 is 24.2 Å². The van der Waals surface area contributed by atoms with Crippen molar-refractivity contribution in [2.24, 2.45) is 0 Å². The van der Waals surface area contributed by atoms with Crippen LogP contribution in [-0.2, 0) is 4.79 Å². The lowest BCUT2D eigenvalue weighted by molar-refractivity contribution is -0.252. The number of amides is 1. The van der Waals surface area contributed by atoms with Crippen molar-refractivity contribution in [1.82, 2.24) is 4.90 Å². The average Bonchev–Trinajstić information content (AvgIpc) is 2.29. The van der Waals surface area contributed by atoms with Gasteiger partial charge in [-0.05, 0) is 61.0 Å². The van der Waals surface area contributed by atoms with Crippen LogP contribution < -0.4 is 5.32 Å². The van der Waals surface area contributed by atoms with Gasteiger partial charge in [-0.3, -0.25) is 4.79 Å². The Balaban J connectivity index is 2.97. The van der Waals surface area contributed by atoms with E-state index in [-0.39, 0.29) is 5.69 Å². The number of hydrogen-bond donors (Lipinski definition) is 2. The quantitative estimate of drug-likeness (QED) is 0.759. The van der Waals surface area contributed by atoms with E-state index in [0.717, 1.165) is 8.47 Å². The molecule has 0 aromatic heterocycles. The molecule has 0 heterocycles. The van der Waals surface area contributed by atoms with Gasteiger partial charge in [0.1, 0.15) is 0 Å². The van der Waals surface area contributed by atoms with Crippen LogP contribution in [0.15, 0.2) is 24.3 Å². The van der Waals surface area contributed by atoms with Crippen LogP contribution in [0.4, 0.5) is 18.9 Å². The molecule has 2 N–H and O–H groups in total. The standard InChI is InChI=1S/C12H14F3IN2O2/c1-18(2)7-11(20,12(13,14)15)10(19)17-9-5-3-8(16)4-6-9/h3-6,20H,7H2,1-2H3,(H,17,19). The first-order chi connectivity index (χ1) is 9.06. The van der Waals surface area contributed by atoms with Crippen LogP contribution in [-0.4, -0.2) is 48.3 Å². The zero-order chi connectivity index (χ0) is 15.6. The molecule has 1 amide bonds. The summed E-state index contributed by atoms with van der Waals surface area (Å²) < 4.78 is 39.7. The Hall–Kier alpha value is -0.870. The van der Waals surface area contributed by atoms with Crippen LogP contribution in [0.5, 0.6) is 0 Å². The van der Waals surface area contributed by atoms with E-state index >= 15 is 0 Å². The lowest BCUT2D eigenvalue weighted by Crippen LogP contribution is -2.60. The molecule has 4 nitrogen and oxygen atoms in total. The zero-order valence-electron chi connectivity index (χ0n) is 10.8. The fraction of sp³-hybridized carbons (Fsp3) is 0.417. The molecule has 0 fully saturated rings. The third kappa shape index (κ3) is 4.06. The number of halogens is 4. The van der Waals surface area contributed by atoms with Crippen molar-refractivity contribution in [3.63, 3.8) is 0 Å². The summed E-state index contributed by atoms with van der Waals surface area (Å²) in [5.41, 5.74) is -3.27. The average molecular weight is 402 g/mol. The van der Waals surface area contributed by atoms with Gasteiger partial charge in [-0.1, -0.05) is 0 Å². The lowest BCUT2D eigenvalue weighted by atomic mass is 10.0. The Labute approximate surface area is 128 Å². The van der Waals surface area contributed by atoms with E-state index in [4.69, 9.17) is 0 Å². The number of benzene rings is 1. The van der Waals surface area contributed by atoms with E-state index in [1.165, 1.54) is 26.2 Å². The highest BCUT2D eigenvalue weighted by molar-refractivity contribution is 14.1. The van der Waals surface area contributed by atoms with Gasteiger partial charge < -0.3 is 15.3 Å². The van der Waals surface area contributed by atoms with Gasteiger partial charge >= 0.3 is 6.18 Å². The molecule has 0 bridgehead atoms. The van der Waals surface area contributed by atoms with Crippen LogP contribution in [0.3, 0.4) is 0 Å². The summed E-state index contributed by atoms with van der Waals surface area (Å²) in [7, 11) is 2.68.